The first-order valence-electron chi connectivity index (χ1n) is 8.51. The first-order valence-corrected chi connectivity index (χ1v) is 11.1. The van der Waals surface area contributed by atoms with Crippen LogP contribution in [0, 0.1) is 0 Å². The number of thioether (sulfide) groups is 1. The van der Waals surface area contributed by atoms with E-state index < -0.39 is 11.9 Å². The maximum atomic E-state index is 12.9. The topological polar surface area (TPSA) is 92.1 Å². The number of aryl methyl sites for hydroxylation is 1. The summed E-state index contributed by atoms with van der Waals surface area (Å²) >= 11 is 5.90. The van der Waals surface area contributed by atoms with E-state index in [9.17, 15) is 19.5 Å². The molecule has 1 atom stereocenters. The summed E-state index contributed by atoms with van der Waals surface area (Å²) in [5.74, 6) is -1.81. The Balaban J connectivity index is 1.65. The average Bonchev–Trinajstić information content (AvgIpc) is 3.22. The van der Waals surface area contributed by atoms with Gasteiger partial charge in [0.2, 0.25) is 0 Å². The molecule has 2 aromatic heterocycles. The minimum absolute atomic E-state index is 0.0578. The number of fused-ring (bicyclic) bond motifs is 3. The minimum atomic E-state index is -1.15. The average molecular weight is 478 g/mol. The van der Waals surface area contributed by atoms with Crippen LogP contribution in [0.15, 0.2) is 38.7 Å². The third kappa shape index (κ3) is 3.31. The van der Waals surface area contributed by atoms with Crippen molar-refractivity contribution in [3.8, 4) is 0 Å². The number of thiophene rings is 1. The Kier molecular flexibility index (Phi) is 5.15. The summed E-state index contributed by atoms with van der Waals surface area (Å²) in [6, 6.07) is 7.09. The van der Waals surface area contributed by atoms with Crippen LogP contribution in [0.25, 0.3) is 10.2 Å². The molecule has 0 radical (unpaired) electrons. The van der Waals surface area contributed by atoms with E-state index >= 15 is 0 Å². The van der Waals surface area contributed by atoms with Crippen LogP contribution >= 0.6 is 39.0 Å². The van der Waals surface area contributed by atoms with Gasteiger partial charge < -0.3 is 9.90 Å². The van der Waals surface area contributed by atoms with Crippen molar-refractivity contribution in [1.82, 2.24) is 9.55 Å². The zero-order valence-electron chi connectivity index (χ0n) is 14.7. The second kappa shape index (κ2) is 7.46. The molecule has 0 saturated carbocycles. The summed E-state index contributed by atoms with van der Waals surface area (Å²) in [6.45, 7) is 0. The molecule has 0 amide bonds. The number of hydrogen-bond donors (Lipinski definition) is 0. The summed E-state index contributed by atoms with van der Waals surface area (Å²) in [5, 5.41) is 12.2. The number of ketones is 1. The van der Waals surface area contributed by atoms with Crippen LogP contribution in [0.4, 0.5) is 0 Å². The number of carbonyl (C=O) groups excluding carboxylic acids is 2. The molecule has 3 aromatic rings. The van der Waals surface area contributed by atoms with Crippen molar-refractivity contribution in [2.75, 3.05) is 5.75 Å². The lowest BCUT2D eigenvalue weighted by atomic mass is 10.0. The number of nitrogens with zero attached hydrogens (tertiary/aromatic N) is 2. The molecule has 0 N–H and O–H groups in total. The maximum Gasteiger partial charge on any atom is 0.262 e. The van der Waals surface area contributed by atoms with Crippen LogP contribution in [0.1, 0.15) is 33.1 Å². The van der Waals surface area contributed by atoms with Gasteiger partial charge in [0, 0.05) is 33.8 Å². The first kappa shape index (κ1) is 19.4. The van der Waals surface area contributed by atoms with E-state index in [1.165, 1.54) is 27.7 Å². The number of carboxylic acid groups (broad SMARTS) is 1. The second-order valence-electron chi connectivity index (χ2n) is 6.51. The molecule has 1 aliphatic carbocycles. The Labute approximate surface area is 176 Å². The van der Waals surface area contributed by atoms with E-state index in [-0.39, 0.29) is 17.1 Å². The molecule has 144 valence electrons. The molecule has 0 aliphatic heterocycles. The highest BCUT2D eigenvalue weighted by Gasteiger charge is 2.31. The maximum absolute atomic E-state index is 12.9. The molecule has 1 aromatic carbocycles. The number of carboxylic acids is 1. The Hall–Kier alpha value is -1.97. The van der Waals surface area contributed by atoms with E-state index in [4.69, 9.17) is 0 Å². The van der Waals surface area contributed by atoms with Crippen LogP contribution in [0.3, 0.4) is 0 Å². The van der Waals surface area contributed by atoms with Gasteiger partial charge in [-0.1, -0.05) is 39.8 Å². The van der Waals surface area contributed by atoms with Crippen LogP contribution in [0.2, 0.25) is 0 Å². The Morgan fingerprint density at radius 2 is 2.07 bits per heavy atom. The molecule has 0 spiro atoms. The predicted octanol–water partition coefficient (Wildman–Crippen LogP) is 2.51. The lowest BCUT2D eigenvalue weighted by Gasteiger charge is -2.12. The number of benzene rings is 1. The van der Waals surface area contributed by atoms with Gasteiger partial charge in [-0.05, 0) is 30.5 Å². The van der Waals surface area contributed by atoms with Crippen LogP contribution in [0.5, 0.6) is 0 Å². The number of aromatic nitrogens is 2. The Morgan fingerprint density at radius 1 is 1.36 bits per heavy atom. The van der Waals surface area contributed by atoms with E-state index in [1.807, 2.05) is 0 Å². The molecule has 6 nitrogen and oxygen atoms in total. The van der Waals surface area contributed by atoms with Gasteiger partial charge in [-0.3, -0.25) is 14.2 Å². The SMILES string of the molecule is Cn1c(SCC(=O)c2ccc(Br)cc2)nc2sc3c(c2c1=O)C(C(=O)[O-])CC3. The van der Waals surface area contributed by atoms with Crippen LogP contribution < -0.4 is 10.7 Å². The van der Waals surface area contributed by atoms with Crippen LogP contribution in [-0.4, -0.2) is 27.1 Å². The van der Waals surface area contributed by atoms with Gasteiger partial charge in [-0.15, -0.1) is 11.3 Å². The Bertz CT molecular complexity index is 1170. The molecular weight excluding hydrogens is 464 g/mol. The molecule has 0 bridgehead atoms. The van der Waals surface area contributed by atoms with Gasteiger partial charge in [-0.2, -0.15) is 0 Å². The lowest BCUT2D eigenvalue weighted by Crippen LogP contribution is -2.29. The molecule has 1 aliphatic rings. The smallest absolute Gasteiger partial charge is 0.262 e. The van der Waals surface area contributed by atoms with Crippen molar-refractivity contribution in [2.24, 2.45) is 7.05 Å². The molecule has 4 rings (SSSR count). The van der Waals surface area contributed by atoms with Crippen molar-refractivity contribution in [3.63, 3.8) is 0 Å². The van der Waals surface area contributed by atoms with Crippen molar-refractivity contribution < 1.29 is 14.7 Å². The molecule has 0 saturated heterocycles. The van der Waals surface area contributed by atoms with Gasteiger partial charge in [0.15, 0.2) is 10.9 Å². The van der Waals surface area contributed by atoms with E-state index in [2.05, 4.69) is 20.9 Å². The van der Waals surface area contributed by atoms with Gasteiger partial charge >= 0.3 is 0 Å². The fourth-order valence-corrected chi connectivity index (χ4v) is 5.79. The molecule has 1 unspecified atom stereocenters. The summed E-state index contributed by atoms with van der Waals surface area (Å²) in [7, 11) is 1.59. The normalized spacial score (nSPS) is 15.7. The van der Waals surface area contributed by atoms with E-state index in [1.54, 1.807) is 31.3 Å². The number of rotatable bonds is 5. The fraction of sp³-hybridized carbons (Fsp3) is 0.263. The highest BCUT2D eigenvalue weighted by molar-refractivity contribution is 9.10. The van der Waals surface area contributed by atoms with E-state index in [0.717, 1.165) is 9.35 Å². The van der Waals surface area contributed by atoms with Crippen molar-refractivity contribution >= 4 is 61.0 Å². The molecule has 28 heavy (non-hydrogen) atoms. The molecule has 2 heterocycles. The number of aliphatic carboxylic acids is 1. The highest BCUT2D eigenvalue weighted by atomic mass is 79.9. The monoisotopic (exact) mass is 477 g/mol. The molecule has 0 fully saturated rings. The third-order valence-electron chi connectivity index (χ3n) is 4.80. The summed E-state index contributed by atoms with van der Waals surface area (Å²) in [4.78, 5) is 42.7. The zero-order valence-corrected chi connectivity index (χ0v) is 17.9. The standard InChI is InChI=1S/C19H15BrN2O4S2/c1-22-17(24)15-14-11(18(25)26)6-7-13(14)28-16(15)21-19(22)27-8-12(23)9-2-4-10(20)5-3-9/h2-5,11H,6-8H2,1H3,(H,25,26)/p-1. The van der Waals surface area contributed by atoms with E-state index in [0.29, 0.717) is 39.3 Å². The summed E-state index contributed by atoms with van der Waals surface area (Å²) < 4.78 is 2.28. The lowest BCUT2D eigenvalue weighted by molar-refractivity contribution is -0.307. The van der Waals surface area contributed by atoms with Crippen molar-refractivity contribution in [3.05, 3.63) is 55.1 Å². The van der Waals surface area contributed by atoms with Crippen molar-refractivity contribution in [2.45, 2.75) is 23.9 Å². The molecule has 9 heteroatoms. The predicted molar refractivity (Wildman–Crippen MR) is 110 cm³/mol. The summed E-state index contributed by atoms with van der Waals surface area (Å²) in [6.07, 6.45) is 1.07. The minimum Gasteiger partial charge on any atom is -0.549 e. The fourth-order valence-electron chi connectivity index (χ4n) is 3.37. The number of Topliss-reactive ketones (excluding diaryl/α,β-unsaturated/α-hetero) is 1. The molecular formula is C19H14BrN2O4S2-. The van der Waals surface area contributed by atoms with Gasteiger partial charge in [0.05, 0.1) is 11.1 Å². The first-order chi connectivity index (χ1) is 13.4. The zero-order chi connectivity index (χ0) is 20.0. The highest BCUT2D eigenvalue weighted by Crippen LogP contribution is 2.42. The van der Waals surface area contributed by atoms with Crippen LogP contribution in [-0.2, 0) is 18.3 Å². The van der Waals surface area contributed by atoms with Gasteiger partial charge in [0.25, 0.3) is 5.56 Å². The third-order valence-corrected chi connectivity index (χ3v) is 7.52. The number of hydrogen-bond acceptors (Lipinski definition) is 7. The second-order valence-corrected chi connectivity index (χ2v) is 9.45. The van der Waals surface area contributed by atoms with Gasteiger partial charge in [0.1, 0.15) is 4.83 Å². The van der Waals surface area contributed by atoms with Crippen molar-refractivity contribution in [1.29, 1.82) is 0 Å². The number of halogens is 1. The number of carbonyl (C=O) groups is 2. The summed E-state index contributed by atoms with van der Waals surface area (Å²) in [5.41, 5.74) is 0.874. The Morgan fingerprint density at radius 3 is 2.75 bits per heavy atom. The van der Waals surface area contributed by atoms with Gasteiger partial charge in [-0.25, -0.2) is 4.98 Å². The quantitative estimate of drug-likeness (QED) is 0.318. The largest absolute Gasteiger partial charge is 0.549 e.